The molecule has 3 aromatic rings. The van der Waals surface area contributed by atoms with Crippen molar-refractivity contribution >= 4 is 23.3 Å². The molecule has 1 aliphatic rings. The van der Waals surface area contributed by atoms with Crippen LogP contribution in [0.2, 0.25) is 0 Å². The second-order valence-electron chi connectivity index (χ2n) is 6.42. The van der Waals surface area contributed by atoms with Crippen LogP contribution in [0.15, 0.2) is 48.5 Å². The molecular formula is C21H20N4O4. The van der Waals surface area contributed by atoms with Gasteiger partial charge in [-0.1, -0.05) is 6.07 Å². The molecule has 2 N–H and O–H groups in total. The summed E-state index contributed by atoms with van der Waals surface area (Å²) in [6, 6.07) is 14.6. The number of fused-ring (bicyclic) bond motifs is 1. The van der Waals surface area contributed by atoms with Gasteiger partial charge in [0.25, 0.3) is 0 Å². The Morgan fingerprint density at radius 3 is 2.59 bits per heavy atom. The summed E-state index contributed by atoms with van der Waals surface area (Å²) >= 11 is 0. The van der Waals surface area contributed by atoms with Crippen molar-refractivity contribution in [2.45, 2.75) is 13.5 Å². The molecule has 2 heterocycles. The fourth-order valence-electron chi connectivity index (χ4n) is 2.92. The first kappa shape index (κ1) is 18.5. The van der Waals surface area contributed by atoms with E-state index in [0.29, 0.717) is 29.6 Å². The maximum atomic E-state index is 11.5. The average molecular weight is 392 g/mol. The van der Waals surface area contributed by atoms with Gasteiger partial charge in [-0.15, -0.1) is 0 Å². The van der Waals surface area contributed by atoms with Gasteiger partial charge in [-0.25, -0.2) is 14.8 Å². The molecule has 0 unspecified atom stereocenters. The van der Waals surface area contributed by atoms with E-state index in [1.807, 2.05) is 31.2 Å². The Balaban J connectivity index is 1.44. The van der Waals surface area contributed by atoms with Crippen molar-refractivity contribution in [2.75, 3.05) is 24.5 Å². The first-order valence-electron chi connectivity index (χ1n) is 9.04. The van der Waals surface area contributed by atoms with Gasteiger partial charge >= 0.3 is 5.97 Å². The number of esters is 1. The average Bonchev–Trinajstić information content (AvgIpc) is 3.20. The topological polar surface area (TPSA) is 94.6 Å². The Morgan fingerprint density at radius 2 is 1.79 bits per heavy atom. The molecular weight excluding hydrogens is 372 g/mol. The highest BCUT2D eigenvalue weighted by Crippen LogP contribution is 2.32. The lowest BCUT2D eigenvalue weighted by atomic mass is 10.2. The first-order chi connectivity index (χ1) is 14.1. The number of rotatable bonds is 6. The third-order valence-corrected chi connectivity index (χ3v) is 4.33. The molecule has 29 heavy (non-hydrogen) atoms. The van der Waals surface area contributed by atoms with Crippen LogP contribution in [0.5, 0.6) is 11.5 Å². The summed E-state index contributed by atoms with van der Waals surface area (Å²) < 4.78 is 15.5. The van der Waals surface area contributed by atoms with E-state index in [1.165, 1.54) is 7.11 Å². The molecule has 8 nitrogen and oxygen atoms in total. The molecule has 148 valence electrons. The highest BCUT2D eigenvalue weighted by molar-refractivity contribution is 5.89. The third kappa shape index (κ3) is 4.37. The zero-order valence-corrected chi connectivity index (χ0v) is 16.1. The molecule has 0 radical (unpaired) electrons. The first-order valence-corrected chi connectivity index (χ1v) is 9.04. The number of hydrogen-bond acceptors (Lipinski definition) is 8. The number of nitrogens with one attached hydrogen (secondary N) is 2. The number of ether oxygens (including phenoxy) is 3. The second-order valence-corrected chi connectivity index (χ2v) is 6.42. The zero-order valence-electron chi connectivity index (χ0n) is 16.1. The number of anilines is 3. The summed E-state index contributed by atoms with van der Waals surface area (Å²) in [5.41, 5.74) is 2.35. The molecule has 1 aliphatic heterocycles. The number of carbonyl (C=O) groups excluding carboxylic acids is 1. The molecule has 2 aromatic carbocycles. The van der Waals surface area contributed by atoms with Crippen molar-refractivity contribution in [2.24, 2.45) is 0 Å². The van der Waals surface area contributed by atoms with Gasteiger partial charge in [0.1, 0.15) is 17.5 Å². The van der Waals surface area contributed by atoms with Crippen molar-refractivity contribution in [3.63, 3.8) is 0 Å². The van der Waals surface area contributed by atoms with Gasteiger partial charge in [-0.05, 0) is 48.9 Å². The third-order valence-electron chi connectivity index (χ3n) is 4.33. The lowest BCUT2D eigenvalue weighted by Crippen LogP contribution is -2.05. The van der Waals surface area contributed by atoms with Crippen molar-refractivity contribution in [1.29, 1.82) is 0 Å². The summed E-state index contributed by atoms with van der Waals surface area (Å²) in [6.07, 6.45) is 0. The van der Waals surface area contributed by atoms with E-state index < -0.39 is 0 Å². The summed E-state index contributed by atoms with van der Waals surface area (Å²) in [4.78, 5) is 20.4. The Kier molecular flexibility index (Phi) is 5.15. The van der Waals surface area contributed by atoms with E-state index in [-0.39, 0.29) is 12.8 Å². The van der Waals surface area contributed by atoms with Crippen molar-refractivity contribution < 1.29 is 19.0 Å². The minimum atomic E-state index is -0.371. The van der Waals surface area contributed by atoms with Crippen LogP contribution in [0.1, 0.15) is 21.7 Å². The Bertz CT molecular complexity index is 1040. The van der Waals surface area contributed by atoms with Crippen LogP contribution in [0.3, 0.4) is 0 Å². The second kappa shape index (κ2) is 8.05. The van der Waals surface area contributed by atoms with Gasteiger partial charge in [-0.2, -0.15) is 0 Å². The highest BCUT2D eigenvalue weighted by Gasteiger charge is 2.13. The van der Waals surface area contributed by atoms with E-state index in [2.05, 4.69) is 20.6 Å². The van der Waals surface area contributed by atoms with Crippen LogP contribution in [0.25, 0.3) is 0 Å². The number of aromatic nitrogens is 2. The number of nitrogens with zero attached hydrogens (tertiary/aromatic N) is 2. The molecule has 1 aromatic heterocycles. The van der Waals surface area contributed by atoms with Crippen LogP contribution in [-0.4, -0.2) is 29.8 Å². The predicted molar refractivity (Wildman–Crippen MR) is 108 cm³/mol. The van der Waals surface area contributed by atoms with Crippen LogP contribution < -0.4 is 20.1 Å². The van der Waals surface area contributed by atoms with E-state index in [9.17, 15) is 4.79 Å². The van der Waals surface area contributed by atoms with Gasteiger partial charge < -0.3 is 24.8 Å². The predicted octanol–water partition coefficient (Wildman–Crippen LogP) is 3.66. The van der Waals surface area contributed by atoms with Crippen molar-refractivity contribution in [3.8, 4) is 11.5 Å². The van der Waals surface area contributed by atoms with Gasteiger partial charge in [0.05, 0.1) is 12.7 Å². The Hall–Kier alpha value is -3.81. The minimum Gasteiger partial charge on any atom is -0.465 e. The molecule has 0 amide bonds. The summed E-state index contributed by atoms with van der Waals surface area (Å²) in [6.45, 7) is 2.67. The van der Waals surface area contributed by atoms with Crippen LogP contribution >= 0.6 is 0 Å². The van der Waals surface area contributed by atoms with Gasteiger partial charge in [0, 0.05) is 18.3 Å². The molecule has 0 saturated heterocycles. The molecule has 0 aliphatic carbocycles. The highest BCUT2D eigenvalue weighted by atomic mass is 16.7. The standard InChI is InChI=1S/C21H20N4O4/c1-13-23-19(22-11-14-3-8-17-18(9-14)29-12-28-17)10-20(24-13)25-16-6-4-15(5-7-16)21(26)27-2/h3-10H,11-12H2,1-2H3,(H2,22,23,24,25). The number of carbonyl (C=O) groups is 1. The lowest BCUT2D eigenvalue weighted by molar-refractivity contribution is 0.0600. The Morgan fingerprint density at radius 1 is 1.03 bits per heavy atom. The van der Waals surface area contributed by atoms with E-state index in [1.54, 1.807) is 24.3 Å². The lowest BCUT2D eigenvalue weighted by Gasteiger charge is -2.11. The molecule has 0 spiro atoms. The van der Waals surface area contributed by atoms with Crippen molar-refractivity contribution in [3.05, 3.63) is 65.5 Å². The minimum absolute atomic E-state index is 0.257. The molecule has 0 atom stereocenters. The van der Waals surface area contributed by atoms with E-state index >= 15 is 0 Å². The fraction of sp³-hybridized carbons (Fsp3) is 0.190. The number of methoxy groups -OCH3 is 1. The molecule has 8 heteroatoms. The monoisotopic (exact) mass is 392 g/mol. The molecule has 0 fully saturated rings. The maximum absolute atomic E-state index is 11.5. The quantitative estimate of drug-likeness (QED) is 0.614. The molecule has 0 saturated carbocycles. The van der Waals surface area contributed by atoms with Crippen LogP contribution in [0.4, 0.5) is 17.3 Å². The number of hydrogen-bond donors (Lipinski definition) is 2. The largest absolute Gasteiger partial charge is 0.465 e. The maximum Gasteiger partial charge on any atom is 0.337 e. The molecule has 0 bridgehead atoms. The number of benzene rings is 2. The van der Waals surface area contributed by atoms with Gasteiger partial charge in [0.2, 0.25) is 6.79 Å². The van der Waals surface area contributed by atoms with Crippen molar-refractivity contribution in [1.82, 2.24) is 9.97 Å². The van der Waals surface area contributed by atoms with Crippen LogP contribution in [0, 0.1) is 6.92 Å². The molecule has 4 rings (SSSR count). The van der Waals surface area contributed by atoms with Gasteiger partial charge in [-0.3, -0.25) is 0 Å². The normalized spacial score (nSPS) is 11.8. The summed E-state index contributed by atoms with van der Waals surface area (Å²) in [7, 11) is 1.36. The van der Waals surface area contributed by atoms with E-state index in [4.69, 9.17) is 14.2 Å². The van der Waals surface area contributed by atoms with Crippen LogP contribution in [-0.2, 0) is 11.3 Å². The summed E-state index contributed by atoms with van der Waals surface area (Å²) in [5.74, 6) is 3.12. The smallest absolute Gasteiger partial charge is 0.337 e. The SMILES string of the molecule is COC(=O)c1ccc(Nc2cc(NCc3ccc4c(c3)OCO4)nc(C)n2)cc1. The van der Waals surface area contributed by atoms with Gasteiger partial charge in [0.15, 0.2) is 11.5 Å². The zero-order chi connectivity index (χ0) is 20.2. The summed E-state index contributed by atoms with van der Waals surface area (Å²) in [5, 5.41) is 6.52. The number of aryl methyl sites for hydroxylation is 1. The van der Waals surface area contributed by atoms with E-state index in [0.717, 1.165) is 22.7 Å². The fourth-order valence-corrected chi connectivity index (χ4v) is 2.92. The Labute approximate surface area is 167 Å².